The molecule has 2 rings (SSSR count). The maximum absolute atomic E-state index is 11.6. The van der Waals surface area contributed by atoms with E-state index in [2.05, 4.69) is 5.16 Å². The number of esters is 1. The highest BCUT2D eigenvalue weighted by atomic mass is 16.5. The van der Waals surface area contributed by atoms with E-state index in [0.29, 0.717) is 17.9 Å². The highest BCUT2D eigenvalue weighted by molar-refractivity contribution is 5.97. The fourth-order valence-electron chi connectivity index (χ4n) is 2.04. The maximum atomic E-state index is 11.6. The number of hydrogen-bond donors (Lipinski definition) is 0. The minimum absolute atomic E-state index is 0.0405. The lowest BCUT2D eigenvalue weighted by Gasteiger charge is -2.06. The SMILES string of the molecule is CCOC(=O)/C(C#N)=C/c1ccc(OCc2c(C)noc2C)cc1. The molecular weight excluding hydrogens is 308 g/mol. The van der Waals surface area contributed by atoms with Crippen molar-refractivity contribution in [3.8, 4) is 11.8 Å². The second-order valence-electron chi connectivity index (χ2n) is 5.05. The molecule has 0 saturated carbocycles. The lowest BCUT2D eigenvalue weighted by molar-refractivity contribution is -0.137. The van der Waals surface area contributed by atoms with Gasteiger partial charge >= 0.3 is 5.97 Å². The van der Waals surface area contributed by atoms with Crippen molar-refractivity contribution in [3.63, 3.8) is 0 Å². The maximum Gasteiger partial charge on any atom is 0.348 e. The number of carbonyl (C=O) groups is 1. The molecule has 0 fully saturated rings. The summed E-state index contributed by atoms with van der Waals surface area (Å²) in [5.74, 6) is 0.778. The molecule has 0 aliphatic rings. The number of aryl methyl sites for hydroxylation is 2. The first-order valence-electron chi connectivity index (χ1n) is 7.48. The number of hydrogen-bond acceptors (Lipinski definition) is 6. The van der Waals surface area contributed by atoms with Crippen molar-refractivity contribution in [2.75, 3.05) is 6.61 Å². The zero-order valence-electron chi connectivity index (χ0n) is 13.8. The largest absolute Gasteiger partial charge is 0.489 e. The van der Waals surface area contributed by atoms with E-state index in [0.717, 1.165) is 17.0 Å². The van der Waals surface area contributed by atoms with Gasteiger partial charge in [0.15, 0.2) is 0 Å². The van der Waals surface area contributed by atoms with Crippen LogP contribution in [0.5, 0.6) is 5.75 Å². The minimum Gasteiger partial charge on any atom is -0.489 e. The van der Waals surface area contributed by atoms with E-state index in [-0.39, 0.29) is 12.2 Å². The molecule has 124 valence electrons. The monoisotopic (exact) mass is 326 g/mol. The van der Waals surface area contributed by atoms with E-state index in [1.54, 1.807) is 31.2 Å². The molecule has 0 spiro atoms. The van der Waals surface area contributed by atoms with E-state index in [4.69, 9.17) is 19.3 Å². The van der Waals surface area contributed by atoms with Gasteiger partial charge in [-0.05, 0) is 44.5 Å². The van der Waals surface area contributed by atoms with Crippen LogP contribution in [0.2, 0.25) is 0 Å². The third-order valence-corrected chi connectivity index (χ3v) is 3.37. The third-order valence-electron chi connectivity index (χ3n) is 3.37. The van der Waals surface area contributed by atoms with Crippen molar-refractivity contribution in [1.82, 2.24) is 5.16 Å². The topological polar surface area (TPSA) is 85.4 Å². The van der Waals surface area contributed by atoms with Crippen molar-refractivity contribution in [3.05, 3.63) is 52.4 Å². The molecule has 0 unspecified atom stereocenters. The number of benzene rings is 1. The molecule has 0 bridgehead atoms. The first-order chi connectivity index (χ1) is 11.5. The fourth-order valence-corrected chi connectivity index (χ4v) is 2.04. The molecule has 24 heavy (non-hydrogen) atoms. The van der Waals surface area contributed by atoms with Gasteiger partial charge in [-0.1, -0.05) is 17.3 Å². The van der Waals surface area contributed by atoms with Gasteiger partial charge in [-0.15, -0.1) is 0 Å². The summed E-state index contributed by atoms with van der Waals surface area (Å²) in [5.41, 5.74) is 2.40. The van der Waals surface area contributed by atoms with Crippen LogP contribution in [0.3, 0.4) is 0 Å². The van der Waals surface area contributed by atoms with E-state index >= 15 is 0 Å². The van der Waals surface area contributed by atoms with Crippen LogP contribution in [0.15, 0.2) is 34.4 Å². The van der Waals surface area contributed by atoms with Crippen molar-refractivity contribution >= 4 is 12.0 Å². The summed E-state index contributed by atoms with van der Waals surface area (Å²) < 4.78 is 15.6. The molecular formula is C18H18N2O4. The molecule has 1 heterocycles. The number of ether oxygens (including phenoxy) is 2. The molecule has 0 saturated heterocycles. The summed E-state index contributed by atoms with van der Waals surface area (Å²) in [7, 11) is 0. The van der Waals surface area contributed by atoms with Gasteiger partial charge in [0.25, 0.3) is 0 Å². The van der Waals surface area contributed by atoms with Gasteiger partial charge in [0.1, 0.15) is 29.8 Å². The number of carbonyl (C=O) groups excluding carboxylic acids is 1. The lowest BCUT2D eigenvalue weighted by Crippen LogP contribution is -2.05. The predicted molar refractivity (Wildman–Crippen MR) is 87.0 cm³/mol. The Morgan fingerprint density at radius 3 is 2.58 bits per heavy atom. The molecule has 6 nitrogen and oxygen atoms in total. The summed E-state index contributed by atoms with van der Waals surface area (Å²) in [4.78, 5) is 11.6. The van der Waals surface area contributed by atoms with Gasteiger partial charge in [-0.2, -0.15) is 5.26 Å². The van der Waals surface area contributed by atoms with Crippen LogP contribution < -0.4 is 4.74 Å². The highest BCUT2D eigenvalue weighted by Crippen LogP contribution is 2.19. The molecule has 0 atom stereocenters. The normalized spacial score (nSPS) is 11.0. The van der Waals surface area contributed by atoms with E-state index in [1.807, 2.05) is 19.9 Å². The number of nitrogens with zero attached hydrogens (tertiary/aromatic N) is 2. The Hall–Kier alpha value is -3.07. The molecule has 0 N–H and O–H groups in total. The second kappa shape index (κ2) is 7.97. The summed E-state index contributed by atoms with van der Waals surface area (Å²) in [6.45, 7) is 5.99. The lowest BCUT2D eigenvalue weighted by atomic mass is 10.1. The Kier molecular flexibility index (Phi) is 5.74. The predicted octanol–water partition coefficient (Wildman–Crippen LogP) is 3.34. The summed E-state index contributed by atoms with van der Waals surface area (Å²) in [6.07, 6.45) is 1.48. The minimum atomic E-state index is -0.626. The highest BCUT2D eigenvalue weighted by Gasteiger charge is 2.11. The Labute approximate surface area is 140 Å². The van der Waals surface area contributed by atoms with Gasteiger partial charge in [0, 0.05) is 0 Å². The number of aromatic nitrogens is 1. The van der Waals surface area contributed by atoms with Crippen molar-refractivity contribution in [1.29, 1.82) is 5.26 Å². The van der Waals surface area contributed by atoms with Crippen molar-refractivity contribution in [2.45, 2.75) is 27.4 Å². The Bertz CT molecular complexity index is 763. The van der Waals surface area contributed by atoms with E-state index < -0.39 is 5.97 Å². The smallest absolute Gasteiger partial charge is 0.348 e. The molecule has 1 aromatic carbocycles. The van der Waals surface area contributed by atoms with Crippen LogP contribution in [0.4, 0.5) is 0 Å². The zero-order valence-corrected chi connectivity index (χ0v) is 13.8. The van der Waals surface area contributed by atoms with E-state index in [1.165, 1.54) is 6.08 Å². The average Bonchev–Trinajstić information content (AvgIpc) is 2.90. The summed E-state index contributed by atoms with van der Waals surface area (Å²) in [5, 5.41) is 12.9. The quantitative estimate of drug-likeness (QED) is 0.460. The van der Waals surface area contributed by atoms with Gasteiger partial charge in [-0.25, -0.2) is 4.79 Å². The van der Waals surface area contributed by atoms with Crippen molar-refractivity contribution < 1.29 is 18.8 Å². The van der Waals surface area contributed by atoms with Crippen LogP contribution in [0.25, 0.3) is 6.08 Å². The Balaban J connectivity index is 2.05. The zero-order chi connectivity index (χ0) is 17.5. The van der Waals surface area contributed by atoms with Crippen LogP contribution in [-0.4, -0.2) is 17.7 Å². The fraction of sp³-hybridized carbons (Fsp3) is 0.278. The van der Waals surface area contributed by atoms with Crippen molar-refractivity contribution in [2.24, 2.45) is 0 Å². The standard InChI is InChI=1S/C18H18N2O4/c1-4-22-18(21)15(10-19)9-14-5-7-16(8-6-14)23-11-17-12(2)20-24-13(17)3/h5-9H,4,11H2,1-3H3/b15-9+. The molecule has 0 amide bonds. The molecule has 2 aromatic rings. The van der Waals surface area contributed by atoms with Crippen LogP contribution >= 0.6 is 0 Å². The van der Waals surface area contributed by atoms with Crippen LogP contribution in [0.1, 0.15) is 29.5 Å². The molecule has 0 aliphatic carbocycles. The Morgan fingerprint density at radius 1 is 1.33 bits per heavy atom. The van der Waals surface area contributed by atoms with Crippen LogP contribution in [-0.2, 0) is 16.1 Å². The molecule has 6 heteroatoms. The van der Waals surface area contributed by atoms with Gasteiger partial charge in [-0.3, -0.25) is 0 Å². The van der Waals surface area contributed by atoms with E-state index in [9.17, 15) is 4.79 Å². The van der Waals surface area contributed by atoms with Gasteiger partial charge < -0.3 is 14.0 Å². The van der Waals surface area contributed by atoms with Gasteiger partial charge in [0.2, 0.25) is 0 Å². The summed E-state index contributed by atoms with van der Waals surface area (Å²) in [6, 6.07) is 8.91. The van der Waals surface area contributed by atoms with Gasteiger partial charge in [0.05, 0.1) is 17.9 Å². The molecule has 0 aliphatic heterocycles. The van der Waals surface area contributed by atoms with Crippen LogP contribution in [0, 0.1) is 25.2 Å². The number of nitriles is 1. The average molecular weight is 326 g/mol. The molecule has 1 aromatic heterocycles. The third kappa shape index (κ3) is 4.23. The Morgan fingerprint density at radius 2 is 2.04 bits per heavy atom. The summed E-state index contributed by atoms with van der Waals surface area (Å²) >= 11 is 0. The first-order valence-corrected chi connectivity index (χ1v) is 7.48. The first kappa shape index (κ1) is 17.3. The number of rotatable bonds is 6. The second-order valence-corrected chi connectivity index (χ2v) is 5.05. The molecule has 0 radical (unpaired) electrons.